The van der Waals surface area contributed by atoms with Gasteiger partial charge in [-0.1, -0.05) is 109 Å². The van der Waals surface area contributed by atoms with Crippen LogP contribution in [0.1, 0.15) is 6.17 Å². The maximum atomic E-state index is 5.34. The van der Waals surface area contributed by atoms with Crippen molar-refractivity contribution in [3.63, 3.8) is 0 Å². The van der Waals surface area contributed by atoms with Crippen molar-refractivity contribution < 1.29 is 0 Å². The van der Waals surface area contributed by atoms with Crippen LogP contribution in [0.3, 0.4) is 0 Å². The summed E-state index contributed by atoms with van der Waals surface area (Å²) in [5.74, 6) is 1.30. The molecule has 2 atom stereocenters. The van der Waals surface area contributed by atoms with Gasteiger partial charge >= 0.3 is 0 Å². The molecule has 2 aliphatic heterocycles. The normalized spacial score (nSPS) is 16.6. The van der Waals surface area contributed by atoms with Gasteiger partial charge in [0.25, 0.3) is 0 Å². The van der Waals surface area contributed by atoms with Gasteiger partial charge < -0.3 is 24.3 Å². The molecule has 0 saturated carbocycles. The minimum Gasteiger partial charge on any atom is -0.696 e. The number of nitrogens with zero attached hydrogens (tertiary/aromatic N) is 8. The number of hydrogen-bond acceptors (Lipinski definition) is 2. The van der Waals surface area contributed by atoms with Gasteiger partial charge in [-0.05, 0) is 79.0 Å². The third-order valence-corrected chi connectivity index (χ3v) is 12.9. The summed E-state index contributed by atoms with van der Waals surface area (Å²) in [5, 5.41) is 19.9. The van der Waals surface area contributed by atoms with E-state index in [-0.39, 0.29) is 6.17 Å². The lowest BCUT2D eigenvalue weighted by atomic mass is 10.1. The van der Waals surface area contributed by atoms with Crippen LogP contribution in [0.25, 0.3) is 115 Å². The molecule has 12 aromatic rings. The van der Waals surface area contributed by atoms with Gasteiger partial charge in [-0.3, -0.25) is 4.57 Å². The molecule has 2 aliphatic rings. The molecular weight excluding hydrogens is 761 g/mol. The first-order chi connectivity index (χ1) is 30.8. The second-order valence-corrected chi connectivity index (χ2v) is 16.2. The molecule has 6 heterocycles. The van der Waals surface area contributed by atoms with Crippen LogP contribution in [-0.2, 0) is 0 Å². The van der Waals surface area contributed by atoms with Crippen LogP contribution in [0.4, 0.5) is 0 Å². The van der Waals surface area contributed by atoms with Crippen LogP contribution in [0.15, 0.2) is 198 Å². The molecule has 0 amide bonds. The van der Waals surface area contributed by atoms with Gasteiger partial charge in [0.2, 0.25) is 0 Å². The fourth-order valence-corrected chi connectivity index (χ4v) is 10.3. The lowest BCUT2D eigenvalue weighted by molar-refractivity contribution is 0.754. The molecule has 8 aromatic carbocycles. The molecule has 292 valence electrons. The first-order valence-electron chi connectivity index (χ1n) is 21.0. The molecule has 4 aromatic heterocycles. The summed E-state index contributed by atoms with van der Waals surface area (Å²) in [5.41, 5.74) is 11.3. The molecule has 0 bridgehead atoms. The Bertz CT molecular complexity index is 3930. The number of aliphatic imine (C=N–C) groups is 2. The molecule has 0 N–H and O–H groups in total. The Hall–Kier alpha value is -8.20. The minimum atomic E-state index is -0.544. The van der Waals surface area contributed by atoms with Crippen LogP contribution >= 0.6 is 0 Å². The Morgan fingerprint density at radius 3 is 1.35 bits per heavy atom. The molecule has 0 saturated heterocycles. The number of hydrogen-bond donors (Lipinski definition) is 0. The Morgan fingerprint density at radius 2 is 0.806 bits per heavy atom. The lowest BCUT2D eigenvalue weighted by Crippen LogP contribution is -2.29. The van der Waals surface area contributed by atoms with Crippen LogP contribution in [0.2, 0.25) is 0 Å². The average molecular weight is 795 g/mol. The van der Waals surface area contributed by atoms with Gasteiger partial charge in [0.1, 0.15) is 5.82 Å². The Morgan fingerprint density at radius 1 is 0.387 bits per heavy atom. The first-order valence-corrected chi connectivity index (χ1v) is 21.0. The summed E-state index contributed by atoms with van der Waals surface area (Å²) in [6.45, 7) is 0. The number of aromatic nitrogens is 4. The van der Waals surface area contributed by atoms with E-state index < -0.39 is 6.17 Å². The molecular formula is C54H34N8-2. The van der Waals surface area contributed by atoms with Gasteiger partial charge in [0.05, 0.1) is 38.9 Å². The van der Waals surface area contributed by atoms with E-state index in [2.05, 4.69) is 200 Å². The second kappa shape index (κ2) is 12.7. The van der Waals surface area contributed by atoms with Crippen molar-refractivity contribution in [1.82, 2.24) is 18.3 Å². The number of fused-ring (bicyclic) bond motifs is 13. The topological polar surface area (TPSA) is 72.6 Å². The number of para-hydroxylation sites is 6. The lowest BCUT2D eigenvalue weighted by Gasteiger charge is -2.51. The molecule has 0 spiro atoms. The average Bonchev–Trinajstić information content (AvgIpc) is 4.05. The molecule has 62 heavy (non-hydrogen) atoms. The fourth-order valence-electron chi connectivity index (χ4n) is 10.3. The van der Waals surface area contributed by atoms with Gasteiger partial charge in [-0.2, -0.15) is 6.17 Å². The largest absolute Gasteiger partial charge is 0.696 e. The van der Waals surface area contributed by atoms with Crippen LogP contribution in [0, 0.1) is 0 Å². The third kappa shape index (κ3) is 4.64. The summed E-state index contributed by atoms with van der Waals surface area (Å²) >= 11 is 0. The molecule has 0 aliphatic carbocycles. The molecule has 14 rings (SSSR count). The predicted octanol–water partition coefficient (Wildman–Crippen LogP) is 13.6. The third-order valence-electron chi connectivity index (χ3n) is 12.9. The van der Waals surface area contributed by atoms with E-state index in [4.69, 9.17) is 20.6 Å². The summed E-state index contributed by atoms with van der Waals surface area (Å²) in [4.78, 5) is 10.3. The van der Waals surface area contributed by atoms with E-state index in [1.54, 1.807) is 0 Å². The highest BCUT2D eigenvalue weighted by Crippen LogP contribution is 2.44. The molecule has 2 unspecified atom stereocenters. The summed E-state index contributed by atoms with van der Waals surface area (Å²) in [6.07, 6.45) is 2.89. The van der Waals surface area contributed by atoms with E-state index in [0.29, 0.717) is 11.7 Å². The van der Waals surface area contributed by atoms with Gasteiger partial charge in [0.15, 0.2) is 0 Å². The smallest absolute Gasteiger partial charge is 0.117 e. The molecule has 8 heteroatoms. The van der Waals surface area contributed by atoms with Crippen molar-refractivity contribution in [3.8, 4) is 11.4 Å². The van der Waals surface area contributed by atoms with Crippen molar-refractivity contribution in [2.45, 2.75) is 12.3 Å². The SMILES string of the molecule is C1=NC2=NC(n3c4ccccc4c4cc5c(cc43)c3ccccc3n5-c3ccccc3)=C[N-]C2[N-]C1n1c2ccccc2c2cc3c(cc21)c1ccccc1n3-c1ccccc1. The Kier molecular flexibility index (Phi) is 6.86. The Labute approximate surface area is 354 Å². The molecule has 0 radical (unpaired) electrons. The van der Waals surface area contributed by atoms with Crippen LogP contribution in [-0.4, -0.2) is 36.5 Å². The van der Waals surface area contributed by atoms with Crippen LogP contribution < -0.4 is 0 Å². The van der Waals surface area contributed by atoms with Crippen LogP contribution in [0.5, 0.6) is 0 Å². The van der Waals surface area contributed by atoms with Gasteiger partial charge in [-0.25, -0.2) is 9.98 Å². The van der Waals surface area contributed by atoms with Crippen molar-refractivity contribution >= 4 is 105 Å². The van der Waals surface area contributed by atoms with E-state index in [0.717, 1.165) is 49.7 Å². The molecule has 8 nitrogen and oxygen atoms in total. The summed E-state index contributed by atoms with van der Waals surface area (Å²) < 4.78 is 9.29. The fraction of sp³-hybridized carbons (Fsp3) is 0.0370. The maximum Gasteiger partial charge on any atom is 0.117 e. The highest BCUT2D eigenvalue weighted by atomic mass is 15.3. The maximum absolute atomic E-state index is 5.34. The zero-order valence-electron chi connectivity index (χ0n) is 33.2. The standard InChI is InChI=1S/C54H34N8/c1-3-15-33(16-4-1)59-43-23-11-7-19-35(43)39-29-49-41(27-47(39)59)37-21-9-13-25-45(37)61(49)51-31-55-54-53(57-51)56-32-52(58-54)62-46-26-14-10-22-38(46)42-28-48-40(30-50(42)62)36-20-8-12-24-44(36)60(48)34-17-5-2-6-18-34/h1-32,51,53H/q-2. The van der Waals surface area contributed by atoms with E-state index in [1.807, 2.05) is 12.4 Å². The van der Waals surface area contributed by atoms with Crippen molar-refractivity contribution in [2.24, 2.45) is 9.98 Å². The van der Waals surface area contributed by atoms with E-state index >= 15 is 0 Å². The monoisotopic (exact) mass is 794 g/mol. The first kappa shape index (κ1) is 33.6. The number of rotatable bonds is 4. The van der Waals surface area contributed by atoms with Crippen molar-refractivity contribution in [1.29, 1.82) is 0 Å². The zero-order valence-corrected chi connectivity index (χ0v) is 33.2. The van der Waals surface area contributed by atoms with Gasteiger partial charge in [0, 0.05) is 71.7 Å². The number of benzene rings is 8. The highest BCUT2D eigenvalue weighted by molar-refractivity contribution is 6.21. The quantitative estimate of drug-likeness (QED) is 0.170. The highest BCUT2D eigenvalue weighted by Gasteiger charge is 2.23. The van der Waals surface area contributed by atoms with E-state index in [9.17, 15) is 0 Å². The zero-order chi connectivity index (χ0) is 40.5. The molecule has 0 fully saturated rings. The second-order valence-electron chi connectivity index (χ2n) is 16.2. The van der Waals surface area contributed by atoms with Crippen molar-refractivity contribution in [2.75, 3.05) is 0 Å². The summed E-state index contributed by atoms with van der Waals surface area (Å²) in [6, 6.07) is 65.1. The number of amidine groups is 1. The van der Waals surface area contributed by atoms with Crippen molar-refractivity contribution in [3.05, 3.63) is 199 Å². The van der Waals surface area contributed by atoms with Gasteiger partial charge in [-0.15, -0.1) is 6.20 Å². The van der Waals surface area contributed by atoms with E-state index in [1.165, 1.54) is 48.9 Å². The predicted molar refractivity (Wildman–Crippen MR) is 257 cm³/mol. The minimum absolute atomic E-state index is 0.386. The summed E-state index contributed by atoms with van der Waals surface area (Å²) in [7, 11) is 0. The Balaban J connectivity index is 0.908.